The Bertz CT molecular complexity index is 544. The third kappa shape index (κ3) is 8.29. The summed E-state index contributed by atoms with van der Waals surface area (Å²) in [7, 11) is 0. The van der Waals surface area contributed by atoms with Gasteiger partial charge in [0.25, 0.3) is 0 Å². The smallest absolute Gasteiger partial charge is 0.303 e. The fourth-order valence-corrected chi connectivity index (χ4v) is 2.73. The summed E-state index contributed by atoms with van der Waals surface area (Å²) in [6, 6.07) is 7.74. The number of carboxylic acids is 1. The Morgan fingerprint density at radius 3 is 2.56 bits per heavy atom. The van der Waals surface area contributed by atoms with Crippen LogP contribution in [0, 0.1) is 0 Å². The zero-order chi connectivity index (χ0) is 18.7. The van der Waals surface area contributed by atoms with E-state index in [0.29, 0.717) is 6.42 Å². The second kappa shape index (κ2) is 11.8. The number of aliphatic hydroxyl groups is 2. The number of aliphatic carboxylic acids is 1. The van der Waals surface area contributed by atoms with Gasteiger partial charge in [0.15, 0.2) is 0 Å². The molecule has 0 aliphatic heterocycles. The van der Waals surface area contributed by atoms with Crippen molar-refractivity contribution >= 4 is 12.0 Å². The largest absolute Gasteiger partial charge is 0.481 e. The van der Waals surface area contributed by atoms with Crippen LogP contribution in [0.5, 0.6) is 0 Å². The van der Waals surface area contributed by atoms with Gasteiger partial charge in [0.2, 0.25) is 0 Å². The van der Waals surface area contributed by atoms with Crippen molar-refractivity contribution in [1.82, 2.24) is 0 Å². The number of benzene rings is 1. The topological polar surface area (TPSA) is 104 Å². The average Bonchev–Trinajstić information content (AvgIpc) is 2.59. The molecule has 0 saturated heterocycles. The van der Waals surface area contributed by atoms with Crippen molar-refractivity contribution in [3.8, 4) is 0 Å². The van der Waals surface area contributed by atoms with E-state index in [2.05, 4.69) is 6.92 Å². The lowest BCUT2D eigenvalue weighted by Crippen LogP contribution is -2.23. The van der Waals surface area contributed by atoms with Gasteiger partial charge in [-0.1, -0.05) is 62.6 Å². The minimum atomic E-state index is -1.03. The summed E-state index contributed by atoms with van der Waals surface area (Å²) in [5.41, 5.74) is 8.26. The van der Waals surface area contributed by atoms with E-state index in [9.17, 15) is 15.0 Å². The molecule has 0 amide bonds. The van der Waals surface area contributed by atoms with Crippen molar-refractivity contribution in [1.29, 1.82) is 0 Å². The molecule has 0 aliphatic carbocycles. The van der Waals surface area contributed by atoms with Crippen molar-refractivity contribution in [3.05, 3.63) is 41.5 Å². The predicted molar refractivity (Wildman–Crippen MR) is 100 cm³/mol. The molecule has 5 heteroatoms. The van der Waals surface area contributed by atoms with E-state index in [1.807, 2.05) is 24.3 Å². The molecule has 140 valence electrons. The Kier molecular flexibility index (Phi) is 10.1. The third-order valence-corrected chi connectivity index (χ3v) is 4.27. The van der Waals surface area contributed by atoms with Crippen LogP contribution >= 0.6 is 0 Å². The number of carbonyl (C=O) groups is 1. The van der Waals surface area contributed by atoms with Crippen LogP contribution in [0.2, 0.25) is 0 Å². The van der Waals surface area contributed by atoms with Crippen LogP contribution in [0.3, 0.4) is 0 Å². The molecule has 1 aromatic carbocycles. The van der Waals surface area contributed by atoms with Gasteiger partial charge in [-0.2, -0.15) is 0 Å². The first-order valence-electron chi connectivity index (χ1n) is 9.06. The number of aliphatic hydroxyl groups excluding tert-OH is 2. The summed E-state index contributed by atoms with van der Waals surface area (Å²) in [4.78, 5) is 10.5. The molecule has 0 aliphatic rings. The minimum Gasteiger partial charge on any atom is -0.481 e. The highest BCUT2D eigenvalue weighted by Gasteiger charge is 2.14. The van der Waals surface area contributed by atoms with Crippen molar-refractivity contribution in [2.24, 2.45) is 5.73 Å². The number of nitrogens with two attached hydrogens (primary N) is 1. The summed E-state index contributed by atoms with van der Waals surface area (Å²) in [5.74, 6) is -0.900. The molecule has 2 unspecified atom stereocenters. The van der Waals surface area contributed by atoms with E-state index < -0.39 is 18.2 Å². The highest BCUT2D eigenvalue weighted by Crippen LogP contribution is 2.22. The molecular weight excluding hydrogens is 318 g/mol. The maximum absolute atomic E-state index is 10.5. The first-order chi connectivity index (χ1) is 12.0. The Morgan fingerprint density at radius 1 is 1.16 bits per heavy atom. The maximum atomic E-state index is 10.5. The van der Waals surface area contributed by atoms with E-state index >= 15 is 0 Å². The molecule has 0 fully saturated rings. The molecule has 0 heterocycles. The van der Waals surface area contributed by atoms with E-state index in [1.165, 1.54) is 0 Å². The Morgan fingerprint density at radius 2 is 1.88 bits per heavy atom. The fraction of sp³-hybridized carbons (Fsp3) is 0.550. The monoisotopic (exact) mass is 349 g/mol. The Labute approximate surface area is 150 Å². The summed E-state index contributed by atoms with van der Waals surface area (Å²) < 4.78 is 0. The normalized spacial score (nSPS) is 15.2. The first-order valence-corrected chi connectivity index (χ1v) is 9.06. The number of hydrogen-bond donors (Lipinski definition) is 4. The molecule has 25 heavy (non-hydrogen) atoms. The summed E-state index contributed by atoms with van der Waals surface area (Å²) >= 11 is 0. The molecule has 1 rings (SSSR count). The van der Waals surface area contributed by atoms with Gasteiger partial charge in [0.05, 0.1) is 12.2 Å². The predicted octanol–water partition coefficient (Wildman–Crippen LogP) is 3.26. The summed E-state index contributed by atoms with van der Waals surface area (Å²) in [6.07, 6.45) is 6.20. The molecule has 5 nitrogen and oxygen atoms in total. The quantitative estimate of drug-likeness (QED) is 0.434. The Hall–Kier alpha value is -1.69. The van der Waals surface area contributed by atoms with Crippen LogP contribution in [0.4, 0.5) is 0 Å². The highest BCUT2D eigenvalue weighted by atomic mass is 16.4. The molecule has 0 bridgehead atoms. The zero-order valence-corrected chi connectivity index (χ0v) is 15.0. The van der Waals surface area contributed by atoms with Crippen molar-refractivity contribution in [3.63, 3.8) is 0 Å². The molecule has 5 N–H and O–H groups in total. The van der Waals surface area contributed by atoms with Gasteiger partial charge in [-0.05, 0) is 30.4 Å². The van der Waals surface area contributed by atoms with Crippen molar-refractivity contribution in [2.75, 3.05) is 0 Å². The van der Waals surface area contributed by atoms with Gasteiger partial charge in [-0.15, -0.1) is 0 Å². The van der Waals surface area contributed by atoms with Gasteiger partial charge < -0.3 is 21.1 Å². The lowest BCUT2D eigenvalue weighted by atomic mass is 9.95. The van der Waals surface area contributed by atoms with Crippen LogP contribution in [-0.2, 0) is 4.79 Å². The highest BCUT2D eigenvalue weighted by molar-refractivity contribution is 5.66. The molecule has 3 atom stereocenters. The van der Waals surface area contributed by atoms with Crippen molar-refractivity contribution in [2.45, 2.75) is 70.1 Å². The van der Waals surface area contributed by atoms with E-state index in [-0.39, 0.29) is 18.9 Å². The summed E-state index contributed by atoms with van der Waals surface area (Å²) in [6.45, 7) is 2.16. The second-order valence-corrected chi connectivity index (χ2v) is 6.43. The van der Waals surface area contributed by atoms with Gasteiger partial charge in [-0.25, -0.2) is 0 Å². The van der Waals surface area contributed by atoms with Crippen LogP contribution in [-0.4, -0.2) is 33.5 Å². The van der Waals surface area contributed by atoms with Gasteiger partial charge in [-0.3, -0.25) is 4.79 Å². The zero-order valence-electron chi connectivity index (χ0n) is 15.0. The number of hydrogen-bond acceptors (Lipinski definition) is 4. The molecule has 0 radical (unpaired) electrons. The van der Waals surface area contributed by atoms with E-state index in [4.69, 9.17) is 10.8 Å². The van der Waals surface area contributed by atoms with Crippen LogP contribution in [0.15, 0.2) is 30.3 Å². The third-order valence-electron chi connectivity index (χ3n) is 4.27. The SMILES string of the molecule is CCCCC[C@@H](N)c1ccccc1/C=C/C(O)C(O)CCCC(=O)O. The summed E-state index contributed by atoms with van der Waals surface area (Å²) in [5, 5.41) is 28.5. The molecule has 0 spiro atoms. The average molecular weight is 349 g/mol. The fourth-order valence-electron chi connectivity index (χ4n) is 2.73. The van der Waals surface area contributed by atoms with Crippen LogP contribution in [0.1, 0.15) is 69.0 Å². The molecule has 1 aromatic rings. The Balaban J connectivity index is 2.65. The van der Waals surface area contributed by atoms with Gasteiger partial charge in [0, 0.05) is 12.5 Å². The molecule has 0 saturated carbocycles. The van der Waals surface area contributed by atoms with Crippen molar-refractivity contribution < 1.29 is 20.1 Å². The van der Waals surface area contributed by atoms with Gasteiger partial charge in [0.1, 0.15) is 0 Å². The first kappa shape index (κ1) is 21.4. The lowest BCUT2D eigenvalue weighted by Gasteiger charge is -2.16. The van der Waals surface area contributed by atoms with Crippen LogP contribution < -0.4 is 5.73 Å². The number of carboxylic acid groups (broad SMARTS) is 1. The van der Waals surface area contributed by atoms with E-state index in [1.54, 1.807) is 12.2 Å². The number of rotatable bonds is 12. The maximum Gasteiger partial charge on any atom is 0.303 e. The lowest BCUT2D eigenvalue weighted by molar-refractivity contribution is -0.137. The van der Waals surface area contributed by atoms with Gasteiger partial charge >= 0.3 is 5.97 Å². The number of unbranched alkanes of at least 4 members (excludes halogenated alkanes) is 2. The molecular formula is C20H31NO4. The standard InChI is InChI=1S/C20H31NO4/c1-2-3-4-10-17(21)16-9-6-5-8-15(16)13-14-19(23)18(22)11-7-12-20(24)25/h5-6,8-9,13-14,17-19,22-23H,2-4,7,10-12,21H2,1H3,(H,24,25)/b14-13+/t17-,18?,19?/m1/s1. The minimum absolute atomic E-state index is 0.0110. The second-order valence-electron chi connectivity index (χ2n) is 6.43. The molecule has 0 aromatic heterocycles. The van der Waals surface area contributed by atoms with Crippen LogP contribution in [0.25, 0.3) is 6.08 Å². The van der Waals surface area contributed by atoms with E-state index in [0.717, 1.165) is 36.8 Å².